The van der Waals surface area contributed by atoms with Crippen molar-refractivity contribution >= 4 is 15.9 Å². The third-order valence-electron chi connectivity index (χ3n) is 2.69. The van der Waals surface area contributed by atoms with Gasteiger partial charge in [-0.05, 0) is 45.0 Å². The molecule has 1 aromatic rings. The highest BCUT2D eigenvalue weighted by molar-refractivity contribution is 9.09. The third-order valence-corrected chi connectivity index (χ3v) is 3.25. The highest BCUT2D eigenvalue weighted by Gasteiger charge is 2.12. The zero-order chi connectivity index (χ0) is 12.8. The van der Waals surface area contributed by atoms with Crippen molar-refractivity contribution < 1.29 is 8.78 Å². The molecule has 0 bridgehead atoms. The highest BCUT2D eigenvalue weighted by atomic mass is 79.9. The van der Waals surface area contributed by atoms with E-state index in [0.717, 1.165) is 24.4 Å². The van der Waals surface area contributed by atoms with E-state index in [4.69, 9.17) is 0 Å². The van der Waals surface area contributed by atoms with Gasteiger partial charge in [-0.3, -0.25) is 4.90 Å². The minimum atomic E-state index is -0.384. The summed E-state index contributed by atoms with van der Waals surface area (Å²) in [7, 11) is 0. The molecule has 0 saturated carbocycles. The zero-order valence-corrected chi connectivity index (χ0v) is 11.8. The summed E-state index contributed by atoms with van der Waals surface area (Å²) in [6, 6.07) is 3.93. The lowest BCUT2D eigenvalue weighted by Gasteiger charge is -2.26. The molecule has 0 aliphatic heterocycles. The van der Waals surface area contributed by atoms with Gasteiger partial charge in [-0.25, -0.2) is 8.78 Å². The Bertz CT molecular complexity index is 355. The summed E-state index contributed by atoms with van der Waals surface area (Å²) >= 11 is 3.38. The lowest BCUT2D eigenvalue weighted by atomic mass is 10.1. The van der Waals surface area contributed by atoms with E-state index in [9.17, 15) is 8.78 Å². The van der Waals surface area contributed by atoms with Crippen LogP contribution in [0.5, 0.6) is 0 Å². The average molecular weight is 306 g/mol. The van der Waals surface area contributed by atoms with Crippen LogP contribution >= 0.6 is 15.9 Å². The van der Waals surface area contributed by atoms with E-state index in [1.807, 2.05) is 0 Å². The molecule has 17 heavy (non-hydrogen) atoms. The molecule has 4 heteroatoms. The van der Waals surface area contributed by atoms with E-state index < -0.39 is 0 Å². The Hall–Kier alpha value is -0.480. The SMILES string of the molecule is CC(C)N(CCCBr)Cc1cc(F)ccc1F. The van der Waals surface area contributed by atoms with Gasteiger partial charge in [0.25, 0.3) is 0 Å². The van der Waals surface area contributed by atoms with Gasteiger partial charge < -0.3 is 0 Å². The van der Waals surface area contributed by atoms with Gasteiger partial charge in [0.1, 0.15) is 11.6 Å². The Balaban J connectivity index is 2.74. The predicted molar refractivity (Wildman–Crippen MR) is 70.3 cm³/mol. The van der Waals surface area contributed by atoms with Crippen LogP contribution < -0.4 is 0 Å². The largest absolute Gasteiger partial charge is 0.297 e. The van der Waals surface area contributed by atoms with Crippen molar-refractivity contribution in [3.05, 3.63) is 35.4 Å². The van der Waals surface area contributed by atoms with E-state index in [-0.39, 0.29) is 11.6 Å². The molecule has 0 aliphatic carbocycles. The van der Waals surface area contributed by atoms with E-state index >= 15 is 0 Å². The molecule has 0 aromatic heterocycles. The van der Waals surface area contributed by atoms with Crippen LogP contribution in [0.4, 0.5) is 8.78 Å². The fourth-order valence-corrected chi connectivity index (χ4v) is 1.92. The van der Waals surface area contributed by atoms with Gasteiger partial charge in [-0.15, -0.1) is 0 Å². The van der Waals surface area contributed by atoms with Gasteiger partial charge >= 0.3 is 0 Å². The quantitative estimate of drug-likeness (QED) is 0.719. The molecule has 0 amide bonds. The fraction of sp³-hybridized carbons (Fsp3) is 0.538. The molecule has 0 saturated heterocycles. The molecular weight excluding hydrogens is 288 g/mol. The van der Waals surface area contributed by atoms with E-state index in [1.165, 1.54) is 12.1 Å². The van der Waals surface area contributed by atoms with Crippen molar-refractivity contribution in [2.24, 2.45) is 0 Å². The smallest absolute Gasteiger partial charge is 0.127 e. The minimum absolute atomic E-state index is 0.316. The van der Waals surface area contributed by atoms with Gasteiger partial charge in [-0.1, -0.05) is 15.9 Å². The maximum Gasteiger partial charge on any atom is 0.127 e. The summed E-state index contributed by atoms with van der Waals surface area (Å²) in [5.74, 6) is -0.721. The molecular formula is C13H18BrF2N. The molecule has 0 atom stereocenters. The number of hydrogen-bond donors (Lipinski definition) is 0. The first-order valence-electron chi connectivity index (χ1n) is 5.78. The summed E-state index contributed by atoms with van der Waals surface area (Å²) < 4.78 is 26.6. The fourth-order valence-electron chi connectivity index (χ4n) is 1.67. The van der Waals surface area contributed by atoms with Crippen molar-refractivity contribution in [3.8, 4) is 0 Å². The standard InChI is InChI=1S/C13H18BrF2N/c1-10(2)17(7-3-6-14)9-11-8-12(15)4-5-13(11)16/h4-5,8,10H,3,6-7,9H2,1-2H3. The number of alkyl halides is 1. The summed E-state index contributed by atoms with van der Waals surface area (Å²) in [5.41, 5.74) is 0.424. The van der Waals surface area contributed by atoms with Crippen molar-refractivity contribution in [3.63, 3.8) is 0 Å². The second-order valence-corrected chi connectivity index (χ2v) is 5.14. The molecule has 1 rings (SSSR count). The summed E-state index contributed by atoms with van der Waals surface area (Å²) in [5, 5.41) is 0.919. The lowest BCUT2D eigenvalue weighted by Crippen LogP contribution is -2.31. The van der Waals surface area contributed by atoms with Crippen LogP contribution in [0.3, 0.4) is 0 Å². The number of rotatable bonds is 6. The first-order valence-corrected chi connectivity index (χ1v) is 6.90. The Kier molecular flexibility index (Phi) is 6.06. The molecule has 0 fully saturated rings. The predicted octanol–water partition coefficient (Wildman–Crippen LogP) is 3.96. The third kappa shape index (κ3) is 4.72. The Labute approximate surface area is 110 Å². The Morgan fingerprint density at radius 2 is 2.00 bits per heavy atom. The number of hydrogen-bond acceptors (Lipinski definition) is 1. The van der Waals surface area contributed by atoms with Crippen LogP contribution in [0.2, 0.25) is 0 Å². The monoisotopic (exact) mass is 305 g/mol. The normalized spacial score (nSPS) is 11.5. The van der Waals surface area contributed by atoms with Crippen LogP contribution in [0.15, 0.2) is 18.2 Å². The van der Waals surface area contributed by atoms with Crippen molar-refractivity contribution in [1.82, 2.24) is 4.90 Å². The molecule has 0 spiro atoms. The first-order chi connectivity index (χ1) is 8.04. The molecule has 0 heterocycles. The Morgan fingerprint density at radius 1 is 1.29 bits per heavy atom. The Morgan fingerprint density at radius 3 is 2.59 bits per heavy atom. The number of benzene rings is 1. The van der Waals surface area contributed by atoms with Gasteiger partial charge in [-0.2, -0.15) is 0 Å². The molecule has 0 aliphatic rings. The molecule has 0 N–H and O–H groups in total. The minimum Gasteiger partial charge on any atom is -0.297 e. The van der Waals surface area contributed by atoms with Crippen LogP contribution in [0.25, 0.3) is 0 Å². The molecule has 0 unspecified atom stereocenters. The lowest BCUT2D eigenvalue weighted by molar-refractivity contribution is 0.211. The van der Waals surface area contributed by atoms with Gasteiger partial charge in [0, 0.05) is 23.5 Å². The second kappa shape index (κ2) is 7.07. The van der Waals surface area contributed by atoms with E-state index in [1.54, 1.807) is 0 Å². The summed E-state index contributed by atoms with van der Waals surface area (Å²) in [6.45, 7) is 5.45. The van der Waals surface area contributed by atoms with Crippen LogP contribution in [0.1, 0.15) is 25.8 Å². The molecule has 0 radical (unpaired) electrons. The first kappa shape index (κ1) is 14.6. The maximum absolute atomic E-state index is 13.5. The van der Waals surface area contributed by atoms with Crippen molar-refractivity contribution in [1.29, 1.82) is 0 Å². The molecule has 96 valence electrons. The van der Waals surface area contributed by atoms with E-state index in [2.05, 4.69) is 34.7 Å². The topological polar surface area (TPSA) is 3.24 Å². The zero-order valence-electron chi connectivity index (χ0n) is 10.2. The van der Waals surface area contributed by atoms with Gasteiger partial charge in [0.15, 0.2) is 0 Å². The maximum atomic E-state index is 13.5. The molecule has 1 nitrogen and oxygen atoms in total. The molecule has 1 aromatic carbocycles. The average Bonchev–Trinajstić information content (AvgIpc) is 2.28. The van der Waals surface area contributed by atoms with Crippen molar-refractivity contribution in [2.45, 2.75) is 32.9 Å². The highest BCUT2D eigenvalue weighted by Crippen LogP contribution is 2.14. The van der Waals surface area contributed by atoms with E-state index in [0.29, 0.717) is 18.2 Å². The summed E-state index contributed by atoms with van der Waals surface area (Å²) in [4.78, 5) is 2.14. The van der Waals surface area contributed by atoms with Crippen LogP contribution in [0, 0.1) is 11.6 Å². The van der Waals surface area contributed by atoms with Crippen LogP contribution in [-0.4, -0.2) is 22.8 Å². The van der Waals surface area contributed by atoms with Gasteiger partial charge in [0.2, 0.25) is 0 Å². The van der Waals surface area contributed by atoms with Crippen molar-refractivity contribution in [2.75, 3.05) is 11.9 Å². The second-order valence-electron chi connectivity index (χ2n) is 4.34. The number of nitrogens with zero attached hydrogens (tertiary/aromatic N) is 1. The number of halogens is 3. The summed E-state index contributed by atoms with van der Waals surface area (Å²) in [6.07, 6.45) is 0.995. The van der Waals surface area contributed by atoms with Gasteiger partial charge in [0.05, 0.1) is 0 Å². The van der Waals surface area contributed by atoms with Crippen LogP contribution in [-0.2, 0) is 6.54 Å².